The third-order valence-electron chi connectivity index (χ3n) is 6.51. The summed E-state index contributed by atoms with van der Waals surface area (Å²) in [6.45, 7) is 4.46. The number of aryl methyl sites for hydroxylation is 2. The van der Waals surface area contributed by atoms with Gasteiger partial charge >= 0.3 is 0 Å². The van der Waals surface area contributed by atoms with Crippen molar-refractivity contribution in [3.63, 3.8) is 0 Å². The molecule has 5 rings (SSSR count). The molecule has 37 heavy (non-hydrogen) atoms. The van der Waals surface area contributed by atoms with Crippen molar-refractivity contribution in [1.29, 1.82) is 0 Å². The van der Waals surface area contributed by atoms with Crippen molar-refractivity contribution in [2.45, 2.75) is 32.4 Å². The minimum Gasteiger partial charge on any atom is -0.459 e. The van der Waals surface area contributed by atoms with E-state index in [1.54, 1.807) is 6.20 Å². The van der Waals surface area contributed by atoms with E-state index in [4.69, 9.17) is 16.6 Å². The molecule has 0 bridgehead atoms. The molecule has 2 N–H and O–H groups in total. The molecule has 3 heterocycles. The van der Waals surface area contributed by atoms with Crippen molar-refractivity contribution >= 4 is 44.9 Å². The summed E-state index contributed by atoms with van der Waals surface area (Å²) in [5.41, 5.74) is 4.84. The minimum atomic E-state index is -0.258. The van der Waals surface area contributed by atoms with Crippen molar-refractivity contribution in [3.8, 4) is 11.3 Å². The zero-order valence-corrected chi connectivity index (χ0v) is 23.0. The number of hydrogen-bond acceptors (Lipinski definition) is 4. The maximum Gasteiger partial charge on any atom is 0.226 e. The van der Waals surface area contributed by atoms with E-state index in [-0.39, 0.29) is 24.4 Å². The summed E-state index contributed by atoms with van der Waals surface area (Å²) >= 11 is 9.40. The first-order valence-corrected chi connectivity index (χ1v) is 13.3. The number of nitrogens with zero attached hydrogens (tertiary/aromatic N) is 2. The third kappa shape index (κ3) is 5.45. The Morgan fingerprint density at radius 3 is 2.68 bits per heavy atom. The Hall–Kier alpha value is -3.49. The summed E-state index contributed by atoms with van der Waals surface area (Å²) < 4.78 is 7.39. The van der Waals surface area contributed by atoms with Crippen molar-refractivity contribution < 1.29 is 9.21 Å². The summed E-state index contributed by atoms with van der Waals surface area (Å²) in [5, 5.41) is 6.99. The lowest BCUT2D eigenvalue weighted by atomic mass is 10.0. The standard InChI is InChI=1S/C29H27BrN4O2S/c1-18-10-11-20(21(30)17-18)24-12-13-25(36-24)28-27(23-9-5-6-15-31-23)33-29(37)34(28)16-14-26(35)32-22-8-4-3-7-19(22)2/h3-13,15,17,27-28H,14,16H2,1-2H3,(H,32,35)(H,33,37)/t27-,28-/m0/s1. The zero-order valence-electron chi connectivity index (χ0n) is 20.6. The molecule has 0 unspecified atom stereocenters. The van der Waals surface area contributed by atoms with E-state index >= 15 is 0 Å². The van der Waals surface area contributed by atoms with E-state index in [1.807, 2.05) is 72.5 Å². The number of para-hydroxylation sites is 1. The van der Waals surface area contributed by atoms with E-state index in [9.17, 15) is 4.79 Å². The van der Waals surface area contributed by atoms with Gasteiger partial charge in [0.25, 0.3) is 0 Å². The lowest BCUT2D eigenvalue weighted by Gasteiger charge is -2.26. The van der Waals surface area contributed by atoms with Crippen molar-refractivity contribution in [3.05, 3.63) is 106 Å². The van der Waals surface area contributed by atoms with Gasteiger partial charge in [-0.05, 0) is 79.7 Å². The van der Waals surface area contributed by atoms with Crippen LogP contribution in [-0.4, -0.2) is 27.4 Å². The van der Waals surface area contributed by atoms with Crippen molar-refractivity contribution in [2.75, 3.05) is 11.9 Å². The number of aromatic nitrogens is 1. The maximum atomic E-state index is 12.8. The molecule has 0 aliphatic carbocycles. The SMILES string of the molecule is Cc1ccc(-c2ccc([C@H]3[C@H](c4ccccn4)NC(=S)N3CCC(=O)Nc3ccccc3C)o2)c(Br)c1. The predicted molar refractivity (Wildman–Crippen MR) is 153 cm³/mol. The zero-order chi connectivity index (χ0) is 25.9. The van der Waals surface area contributed by atoms with Gasteiger partial charge in [-0.1, -0.05) is 46.3 Å². The highest BCUT2D eigenvalue weighted by molar-refractivity contribution is 9.10. The predicted octanol–water partition coefficient (Wildman–Crippen LogP) is 6.72. The first-order valence-electron chi connectivity index (χ1n) is 12.1. The minimum absolute atomic E-state index is 0.0687. The number of furan rings is 1. The normalized spacial score (nSPS) is 17.1. The topological polar surface area (TPSA) is 70.4 Å². The van der Waals surface area contributed by atoms with Gasteiger partial charge in [0.15, 0.2) is 5.11 Å². The largest absolute Gasteiger partial charge is 0.459 e. The average Bonchev–Trinajstić information content (AvgIpc) is 3.49. The van der Waals surface area contributed by atoms with Gasteiger partial charge in [-0.2, -0.15) is 0 Å². The molecule has 1 saturated heterocycles. The first-order chi connectivity index (χ1) is 17.9. The number of rotatable bonds is 7. The fraction of sp³-hybridized carbons (Fsp3) is 0.207. The van der Waals surface area contributed by atoms with Gasteiger partial charge in [0.05, 0.1) is 11.7 Å². The highest BCUT2D eigenvalue weighted by Crippen LogP contribution is 2.41. The Morgan fingerprint density at radius 2 is 1.92 bits per heavy atom. The quantitative estimate of drug-likeness (QED) is 0.239. The van der Waals surface area contributed by atoms with Gasteiger partial charge in [0, 0.05) is 34.9 Å². The molecule has 1 aliphatic heterocycles. The van der Waals surface area contributed by atoms with Crippen LogP contribution in [0.25, 0.3) is 11.3 Å². The number of benzene rings is 2. The number of anilines is 1. The fourth-order valence-corrected chi connectivity index (χ4v) is 5.60. The molecule has 2 atom stereocenters. The van der Waals surface area contributed by atoms with Crippen LogP contribution >= 0.6 is 28.1 Å². The Kier molecular flexibility index (Phi) is 7.39. The van der Waals surface area contributed by atoms with Crippen LogP contribution in [0.4, 0.5) is 5.69 Å². The molecule has 2 aromatic heterocycles. The van der Waals surface area contributed by atoms with E-state index in [1.165, 1.54) is 0 Å². The van der Waals surface area contributed by atoms with Crippen LogP contribution in [0.2, 0.25) is 0 Å². The number of pyridine rings is 1. The van der Waals surface area contributed by atoms with E-state index < -0.39 is 0 Å². The molecule has 8 heteroatoms. The highest BCUT2D eigenvalue weighted by Gasteiger charge is 2.41. The molecule has 1 aliphatic rings. The van der Waals surface area contributed by atoms with Gasteiger partial charge in [0.2, 0.25) is 5.91 Å². The van der Waals surface area contributed by atoms with Crippen LogP contribution in [0.15, 0.2) is 87.9 Å². The molecule has 4 aromatic rings. The second-order valence-electron chi connectivity index (χ2n) is 9.12. The molecule has 0 spiro atoms. The second kappa shape index (κ2) is 10.9. The second-order valence-corrected chi connectivity index (χ2v) is 10.4. The molecular weight excluding hydrogens is 548 g/mol. The highest BCUT2D eigenvalue weighted by atomic mass is 79.9. The molecule has 1 amide bonds. The lowest BCUT2D eigenvalue weighted by molar-refractivity contribution is -0.116. The maximum absolute atomic E-state index is 12.8. The number of nitrogens with one attached hydrogen (secondary N) is 2. The summed E-state index contributed by atoms with van der Waals surface area (Å²) in [7, 11) is 0. The van der Waals surface area contributed by atoms with Crippen LogP contribution in [0.5, 0.6) is 0 Å². The summed E-state index contributed by atoms with van der Waals surface area (Å²) in [4.78, 5) is 19.4. The van der Waals surface area contributed by atoms with Crippen LogP contribution in [0.1, 0.15) is 41.1 Å². The Balaban J connectivity index is 1.42. The molecule has 1 fully saturated rings. The van der Waals surface area contributed by atoms with Crippen LogP contribution < -0.4 is 10.6 Å². The molecule has 0 saturated carbocycles. The number of thiocarbonyl (C=S) groups is 1. The van der Waals surface area contributed by atoms with E-state index in [2.05, 4.69) is 50.6 Å². The molecular formula is C29H27BrN4O2S. The Morgan fingerprint density at radius 1 is 1.11 bits per heavy atom. The lowest BCUT2D eigenvalue weighted by Crippen LogP contribution is -2.32. The fourth-order valence-electron chi connectivity index (χ4n) is 4.58. The summed E-state index contributed by atoms with van der Waals surface area (Å²) in [5.74, 6) is 1.45. The van der Waals surface area contributed by atoms with Crippen LogP contribution in [0, 0.1) is 13.8 Å². The number of carbonyl (C=O) groups is 1. The smallest absolute Gasteiger partial charge is 0.226 e. The average molecular weight is 576 g/mol. The Labute approximate surface area is 230 Å². The van der Waals surface area contributed by atoms with Crippen molar-refractivity contribution in [2.24, 2.45) is 0 Å². The summed E-state index contributed by atoms with van der Waals surface area (Å²) in [6, 6.07) is 23.2. The third-order valence-corrected chi connectivity index (χ3v) is 7.51. The molecule has 6 nitrogen and oxygen atoms in total. The summed E-state index contributed by atoms with van der Waals surface area (Å²) in [6.07, 6.45) is 2.05. The molecule has 0 radical (unpaired) electrons. The van der Waals surface area contributed by atoms with Gasteiger partial charge < -0.3 is 20.0 Å². The molecule has 2 aromatic carbocycles. The number of amides is 1. The molecule has 188 valence electrons. The number of hydrogen-bond donors (Lipinski definition) is 2. The van der Waals surface area contributed by atoms with Gasteiger partial charge in [-0.3, -0.25) is 9.78 Å². The van der Waals surface area contributed by atoms with Gasteiger partial charge in [0.1, 0.15) is 17.6 Å². The van der Waals surface area contributed by atoms with E-state index in [0.29, 0.717) is 11.7 Å². The monoisotopic (exact) mass is 574 g/mol. The number of halogens is 1. The van der Waals surface area contributed by atoms with Crippen molar-refractivity contribution in [1.82, 2.24) is 15.2 Å². The van der Waals surface area contributed by atoms with Crippen LogP contribution in [-0.2, 0) is 4.79 Å². The van der Waals surface area contributed by atoms with E-state index in [0.717, 1.165) is 44.1 Å². The Bertz CT molecular complexity index is 1440. The van der Waals surface area contributed by atoms with Gasteiger partial charge in [-0.15, -0.1) is 0 Å². The van der Waals surface area contributed by atoms with Crippen LogP contribution in [0.3, 0.4) is 0 Å². The number of carbonyl (C=O) groups excluding carboxylic acids is 1. The van der Waals surface area contributed by atoms with Gasteiger partial charge in [-0.25, -0.2) is 0 Å². The first kappa shape index (κ1) is 25.2.